The van der Waals surface area contributed by atoms with Crippen molar-refractivity contribution in [2.45, 2.75) is 17.5 Å². The number of halogens is 2. The Bertz CT molecular complexity index is 1730. The van der Waals surface area contributed by atoms with E-state index in [0.29, 0.717) is 22.4 Å². The Morgan fingerprint density at radius 2 is 1.35 bits per heavy atom. The predicted octanol–water partition coefficient (Wildman–Crippen LogP) is 7.07. The van der Waals surface area contributed by atoms with Crippen LogP contribution in [0.25, 0.3) is 6.08 Å². The average molecular weight is 654 g/mol. The molecule has 3 aliphatic heterocycles. The lowest BCUT2D eigenvalue weighted by molar-refractivity contribution is -0.121. The van der Waals surface area contributed by atoms with Crippen molar-refractivity contribution in [3.8, 4) is 0 Å². The van der Waals surface area contributed by atoms with Gasteiger partial charge in [0.25, 0.3) is 0 Å². The van der Waals surface area contributed by atoms with Crippen molar-refractivity contribution in [1.82, 2.24) is 0 Å². The summed E-state index contributed by atoms with van der Waals surface area (Å²) >= 11 is 6.92. The molecule has 3 heterocycles. The first kappa shape index (κ1) is 25.2. The smallest absolute Gasteiger partial charge is 0.238 e. The van der Waals surface area contributed by atoms with Gasteiger partial charge in [-0.25, -0.2) is 0 Å². The molecule has 1 fully saturated rings. The minimum absolute atomic E-state index is 0.176. The van der Waals surface area contributed by atoms with Gasteiger partial charge in [-0.05, 0) is 47.5 Å². The van der Waals surface area contributed by atoms with Crippen LogP contribution in [0.4, 0.5) is 11.4 Å². The zero-order valence-electron chi connectivity index (χ0n) is 21.1. The molecule has 0 bridgehead atoms. The second-order valence-corrected chi connectivity index (χ2v) is 12.1. The van der Waals surface area contributed by atoms with Crippen LogP contribution in [0.1, 0.15) is 31.8 Å². The lowest BCUT2D eigenvalue weighted by atomic mass is 9.63. The van der Waals surface area contributed by atoms with E-state index >= 15 is 0 Å². The number of carbonyl (C=O) groups is 3. The van der Waals surface area contributed by atoms with Crippen LogP contribution < -0.4 is 10.2 Å². The summed E-state index contributed by atoms with van der Waals surface area (Å²) in [5.41, 5.74) is 2.58. The lowest BCUT2D eigenvalue weighted by Crippen LogP contribution is -2.55. The van der Waals surface area contributed by atoms with Gasteiger partial charge in [-0.1, -0.05) is 105 Å². The fourth-order valence-electron chi connectivity index (χ4n) is 6.70. The van der Waals surface area contributed by atoms with Crippen LogP contribution in [0, 0.1) is 5.92 Å². The third-order valence-corrected chi connectivity index (χ3v) is 9.39. The average Bonchev–Trinajstić information content (AvgIpc) is 3.45. The van der Waals surface area contributed by atoms with Crippen LogP contribution in [0.2, 0.25) is 0 Å². The van der Waals surface area contributed by atoms with Crippen molar-refractivity contribution in [2.24, 2.45) is 5.92 Å². The van der Waals surface area contributed by atoms with Crippen LogP contribution in [0.15, 0.2) is 112 Å². The molecule has 4 aromatic carbocycles. The van der Waals surface area contributed by atoms with Crippen molar-refractivity contribution < 1.29 is 14.4 Å². The first-order valence-electron chi connectivity index (χ1n) is 13.0. The Morgan fingerprint density at radius 1 is 0.750 bits per heavy atom. The fraction of sp³-hybridized carbons (Fsp3) is 0.121. The summed E-state index contributed by atoms with van der Waals surface area (Å²) in [6.07, 6.45) is 3.98. The van der Waals surface area contributed by atoms with Crippen LogP contribution >= 0.6 is 31.9 Å². The SMILES string of the molecule is O=C(c1ccc(Br)cc1)[C@@H]1N2c3ccccc3C=C[C@H]2[C@H](C(=O)c2ccc(Br)cc2)[C@]12C(=O)Nc1ccccc12. The van der Waals surface area contributed by atoms with Gasteiger partial charge in [0.05, 0.1) is 12.0 Å². The van der Waals surface area contributed by atoms with Crippen molar-refractivity contribution in [2.75, 3.05) is 10.2 Å². The van der Waals surface area contributed by atoms with E-state index in [1.807, 2.05) is 89.8 Å². The minimum atomic E-state index is -1.46. The third-order valence-electron chi connectivity index (χ3n) is 8.34. The Labute approximate surface area is 248 Å². The number of benzene rings is 4. The molecular formula is C33H22Br2N2O3. The summed E-state index contributed by atoms with van der Waals surface area (Å²) in [7, 11) is 0. The molecule has 4 aromatic rings. The highest BCUT2D eigenvalue weighted by atomic mass is 79.9. The maximum Gasteiger partial charge on any atom is 0.238 e. The standard InChI is InChI=1S/C33H22Br2N2O3/c34-22-14-9-20(10-15-22)29(38)28-27-18-13-19-5-1-4-8-26(19)37(27)31(30(39)21-11-16-23(35)17-12-21)33(28)24-6-2-3-7-25(24)36-32(33)40/h1-18,27-28,31H,(H,36,40)/t27-,28+,31-,33-/m0/s1. The molecule has 4 atom stereocenters. The van der Waals surface area contributed by atoms with E-state index in [-0.39, 0.29) is 17.5 Å². The molecule has 7 rings (SSSR count). The molecule has 0 unspecified atom stereocenters. The van der Waals surface area contributed by atoms with Crippen LogP contribution in [-0.4, -0.2) is 29.6 Å². The summed E-state index contributed by atoms with van der Waals surface area (Å²) in [4.78, 5) is 45.8. The normalized spacial score (nSPS) is 23.9. The second-order valence-electron chi connectivity index (χ2n) is 10.3. The Morgan fingerprint density at radius 3 is 2.05 bits per heavy atom. The van der Waals surface area contributed by atoms with E-state index in [0.717, 1.165) is 20.2 Å². The zero-order chi connectivity index (χ0) is 27.6. The third kappa shape index (κ3) is 3.54. The number of ketones is 2. The lowest BCUT2D eigenvalue weighted by Gasteiger charge is -2.37. The maximum absolute atomic E-state index is 14.7. The molecule has 40 heavy (non-hydrogen) atoms. The molecular weight excluding hydrogens is 632 g/mol. The van der Waals surface area contributed by atoms with Crippen molar-refractivity contribution in [1.29, 1.82) is 0 Å². The van der Waals surface area contributed by atoms with E-state index in [2.05, 4.69) is 37.2 Å². The van der Waals surface area contributed by atoms with Gasteiger partial charge in [0.15, 0.2) is 11.6 Å². The summed E-state index contributed by atoms with van der Waals surface area (Å²) < 4.78 is 1.70. The fourth-order valence-corrected chi connectivity index (χ4v) is 7.23. The number of hydrogen-bond acceptors (Lipinski definition) is 4. The highest BCUT2D eigenvalue weighted by molar-refractivity contribution is 9.10. The van der Waals surface area contributed by atoms with Crippen molar-refractivity contribution >= 4 is 66.8 Å². The largest absolute Gasteiger partial charge is 0.352 e. The topological polar surface area (TPSA) is 66.5 Å². The van der Waals surface area contributed by atoms with Gasteiger partial charge in [-0.2, -0.15) is 0 Å². The molecule has 1 N–H and O–H groups in total. The second kappa shape index (κ2) is 9.39. The first-order chi connectivity index (χ1) is 19.4. The van der Waals surface area contributed by atoms with E-state index in [9.17, 15) is 14.4 Å². The molecule has 1 amide bonds. The molecule has 0 aliphatic carbocycles. The zero-order valence-corrected chi connectivity index (χ0v) is 24.2. The number of para-hydroxylation sites is 2. The van der Waals surface area contributed by atoms with Gasteiger partial charge < -0.3 is 10.2 Å². The summed E-state index contributed by atoms with van der Waals surface area (Å²) in [6.45, 7) is 0. The van der Waals surface area contributed by atoms with E-state index in [4.69, 9.17) is 0 Å². The van der Waals surface area contributed by atoms with Crippen molar-refractivity contribution in [3.63, 3.8) is 0 Å². The predicted molar refractivity (Wildman–Crippen MR) is 163 cm³/mol. The van der Waals surface area contributed by atoms with Gasteiger partial charge in [-0.15, -0.1) is 0 Å². The van der Waals surface area contributed by atoms with E-state index in [1.54, 1.807) is 24.3 Å². The van der Waals surface area contributed by atoms with Gasteiger partial charge in [0.2, 0.25) is 5.91 Å². The summed E-state index contributed by atoms with van der Waals surface area (Å²) in [5, 5.41) is 3.05. The van der Waals surface area contributed by atoms with Crippen LogP contribution in [0.3, 0.4) is 0 Å². The summed E-state index contributed by atoms with van der Waals surface area (Å²) in [5.74, 6) is -1.57. The molecule has 7 heteroatoms. The maximum atomic E-state index is 14.7. The number of rotatable bonds is 4. The number of carbonyl (C=O) groups excluding carboxylic acids is 3. The molecule has 5 nitrogen and oxygen atoms in total. The molecule has 1 spiro atoms. The Hall–Kier alpha value is -3.81. The number of nitrogens with one attached hydrogen (secondary N) is 1. The molecule has 1 saturated heterocycles. The van der Waals surface area contributed by atoms with E-state index < -0.39 is 23.4 Å². The molecule has 0 saturated carbocycles. The minimum Gasteiger partial charge on any atom is -0.352 e. The van der Waals surface area contributed by atoms with E-state index in [1.165, 1.54) is 0 Å². The van der Waals surface area contributed by atoms with Gasteiger partial charge in [0, 0.05) is 31.4 Å². The number of anilines is 2. The van der Waals surface area contributed by atoms with Crippen molar-refractivity contribution in [3.05, 3.63) is 134 Å². The monoisotopic (exact) mass is 652 g/mol. The number of Topliss-reactive ketones (excluding diaryl/α,β-unsaturated/α-hetero) is 2. The Kier molecular flexibility index (Phi) is 5.91. The van der Waals surface area contributed by atoms with Gasteiger partial charge in [0.1, 0.15) is 11.5 Å². The molecule has 196 valence electrons. The number of fused-ring (bicyclic) bond motifs is 5. The molecule has 0 aromatic heterocycles. The summed E-state index contributed by atoms with van der Waals surface area (Å²) in [6, 6.07) is 28.2. The molecule has 0 radical (unpaired) electrons. The molecule has 3 aliphatic rings. The van der Waals surface area contributed by atoms with Crippen LogP contribution in [0.5, 0.6) is 0 Å². The Balaban J connectivity index is 1.53. The highest BCUT2D eigenvalue weighted by Gasteiger charge is 2.70. The highest BCUT2D eigenvalue weighted by Crippen LogP contribution is 2.58. The number of amides is 1. The number of hydrogen-bond donors (Lipinski definition) is 1. The first-order valence-corrected chi connectivity index (χ1v) is 14.6. The van der Waals surface area contributed by atoms with Gasteiger partial charge in [-0.3, -0.25) is 14.4 Å². The van der Waals surface area contributed by atoms with Gasteiger partial charge >= 0.3 is 0 Å². The quantitative estimate of drug-likeness (QED) is 0.239. The van der Waals surface area contributed by atoms with Crippen LogP contribution in [-0.2, 0) is 10.2 Å². The number of nitrogens with zero attached hydrogens (tertiary/aromatic N) is 1.